The number of carbonyl (C=O) groups excluding carboxylic acids is 2. The minimum Gasteiger partial charge on any atom is -0.354 e. The topological polar surface area (TPSA) is 86.8 Å². The van der Waals surface area contributed by atoms with Gasteiger partial charge in [0.2, 0.25) is 11.8 Å². The van der Waals surface area contributed by atoms with Crippen molar-refractivity contribution in [3.63, 3.8) is 0 Å². The van der Waals surface area contributed by atoms with Crippen molar-refractivity contribution in [1.29, 1.82) is 0 Å². The van der Waals surface area contributed by atoms with Crippen LogP contribution in [0.4, 0.5) is 18.9 Å². The third-order valence-electron chi connectivity index (χ3n) is 6.85. The Hall–Kier alpha value is -3.57. The molecule has 12 heteroatoms. The molecule has 0 saturated carbocycles. The van der Waals surface area contributed by atoms with E-state index in [0.717, 1.165) is 23.3 Å². The van der Waals surface area contributed by atoms with Crippen LogP contribution in [0.1, 0.15) is 43.4 Å². The van der Waals surface area contributed by atoms with Crippen molar-refractivity contribution in [2.75, 3.05) is 23.9 Å². The van der Waals surface area contributed by atoms with E-state index in [1.165, 1.54) is 17.0 Å². The molecule has 0 heterocycles. The van der Waals surface area contributed by atoms with Gasteiger partial charge in [0.1, 0.15) is 12.6 Å². The number of rotatable bonds is 13. The highest BCUT2D eigenvalue weighted by Crippen LogP contribution is 2.38. The van der Waals surface area contributed by atoms with E-state index in [1.807, 2.05) is 37.3 Å². The maximum Gasteiger partial charge on any atom is 0.417 e. The Kier molecular flexibility index (Phi) is 11.6. The van der Waals surface area contributed by atoms with Crippen molar-refractivity contribution in [2.45, 2.75) is 57.1 Å². The number of carbonyl (C=O) groups is 2. The van der Waals surface area contributed by atoms with Gasteiger partial charge in [-0.3, -0.25) is 13.9 Å². The number of alkyl halides is 3. The lowest BCUT2D eigenvalue weighted by atomic mass is 10.1. The molecule has 0 aliphatic rings. The molecule has 0 aliphatic carbocycles. The normalized spacial score (nSPS) is 12.4. The van der Waals surface area contributed by atoms with Gasteiger partial charge < -0.3 is 10.2 Å². The van der Waals surface area contributed by atoms with Crippen LogP contribution in [0.5, 0.6) is 0 Å². The molecule has 3 rings (SSSR count). The summed E-state index contributed by atoms with van der Waals surface area (Å²) in [6.07, 6.45) is -3.60. The molecule has 43 heavy (non-hydrogen) atoms. The Balaban J connectivity index is 2.09. The van der Waals surface area contributed by atoms with Crippen LogP contribution >= 0.6 is 11.6 Å². The van der Waals surface area contributed by atoms with Crippen LogP contribution in [0.2, 0.25) is 5.02 Å². The fourth-order valence-corrected chi connectivity index (χ4v) is 6.14. The van der Waals surface area contributed by atoms with E-state index >= 15 is 0 Å². The molecule has 0 aromatic heterocycles. The monoisotopic (exact) mass is 637 g/mol. The first-order valence-corrected chi connectivity index (χ1v) is 15.7. The molecule has 7 nitrogen and oxygen atoms in total. The first-order valence-electron chi connectivity index (χ1n) is 13.9. The van der Waals surface area contributed by atoms with E-state index < -0.39 is 56.9 Å². The van der Waals surface area contributed by atoms with Crippen LogP contribution in [0.15, 0.2) is 77.7 Å². The summed E-state index contributed by atoms with van der Waals surface area (Å²) in [6.45, 7) is 4.99. The quantitative estimate of drug-likeness (QED) is 0.240. The molecule has 3 aromatic rings. The van der Waals surface area contributed by atoms with Gasteiger partial charge in [-0.25, -0.2) is 8.42 Å². The van der Waals surface area contributed by atoms with E-state index in [0.29, 0.717) is 29.8 Å². The second kappa shape index (κ2) is 14.7. The molecule has 0 spiro atoms. The zero-order valence-corrected chi connectivity index (χ0v) is 25.8. The van der Waals surface area contributed by atoms with Crippen LogP contribution in [0, 0.1) is 6.92 Å². The van der Waals surface area contributed by atoms with Gasteiger partial charge in [0.15, 0.2) is 0 Å². The fourth-order valence-electron chi connectivity index (χ4n) is 4.51. The molecule has 232 valence electrons. The Morgan fingerprint density at radius 1 is 0.977 bits per heavy atom. The predicted octanol–water partition coefficient (Wildman–Crippen LogP) is 6.24. The second-order valence-corrected chi connectivity index (χ2v) is 12.3. The molecule has 0 saturated heterocycles. The number of hydrogen-bond acceptors (Lipinski definition) is 4. The van der Waals surface area contributed by atoms with E-state index in [-0.39, 0.29) is 17.9 Å². The molecule has 0 unspecified atom stereocenters. The number of benzene rings is 3. The van der Waals surface area contributed by atoms with Gasteiger partial charge in [-0.15, -0.1) is 0 Å². The lowest BCUT2D eigenvalue weighted by Gasteiger charge is -2.33. The summed E-state index contributed by atoms with van der Waals surface area (Å²) < 4.78 is 69.8. The average Bonchev–Trinajstić information content (AvgIpc) is 2.97. The van der Waals surface area contributed by atoms with Gasteiger partial charge in [0.05, 0.1) is 21.2 Å². The average molecular weight is 638 g/mol. The van der Waals surface area contributed by atoms with Crippen LogP contribution < -0.4 is 9.62 Å². The molecule has 0 radical (unpaired) electrons. The highest BCUT2D eigenvalue weighted by atomic mass is 35.5. The summed E-state index contributed by atoms with van der Waals surface area (Å²) in [4.78, 5) is 28.2. The van der Waals surface area contributed by atoms with Crippen LogP contribution in [0.25, 0.3) is 0 Å². The summed E-state index contributed by atoms with van der Waals surface area (Å²) in [5.41, 5.74) is 0.0239. The summed E-state index contributed by atoms with van der Waals surface area (Å²) in [7, 11) is -4.53. The van der Waals surface area contributed by atoms with Crippen LogP contribution in [-0.2, 0) is 32.2 Å². The van der Waals surface area contributed by atoms with Crippen molar-refractivity contribution in [3.8, 4) is 0 Å². The largest absolute Gasteiger partial charge is 0.417 e. The van der Waals surface area contributed by atoms with Crippen molar-refractivity contribution in [3.05, 3.63) is 94.5 Å². The summed E-state index contributed by atoms with van der Waals surface area (Å²) in [5, 5.41) is 2.18. The molecular formula is C31H35ClF3N3O4S. The fraction of sp³-hybridized carbons (Fsp3) is 0.355. The number of nitrogens with one attached hydrogen (secondary N) is 1. The van der Waals surface area contributed by atoms with Crippen molar-refractivity contribution < 1.29 is 31.2 Å². The van der Waals surface area contributed by atoms with Crippen molar-refractivity contribution in [2.24, 2.45) is 0 Å². The van der Waals surface area contributed by atoms with Gasteiger partial charge in [-0.05, 0) is 62.1 Å². The SMILES string of the molecule is CCCNC(=O)[C@H](CC)N(CCc1ccccc1)C(=O)CN(c1ccc(Cl)c(C(F)(F)F)c1)S(=O)(=O)c1ccc(C)cc1. The third kappa shape index (κ3) is 8.73. The van der Waals surface area contributed by atoms with E-state index in [1.54, 1.807) is 26.0 Å². The molecule has 0 bridgehead atoms. The Morgan fingerprint density at radius 3 is 2.21 bits per heavy atom. The number of halogens is 4. The van der Waals surface area contributed by atoms with Crippen molar-refractivity contribution in [1.82, 2.24) is 10.2 Å². The minimum atomic E-state index is -4.87. The molecule has 3 aromatic carbocycles. The number of amides is 2. The van der Waals surface area contributed by atoms with Gasteiger partial charge in [-0.2, -0.15) is 13.2 Å². The zero-order valence-electron chi connectivity index (χ0n) is 24.2. The first kappa shape index (κ1) is 33.9. The third-order valence-corrected chi connectivity index (χ3v) is 8.97. The van der Waals surface area contributed by atoms with E-state index in [9.17, 15) is 31.2 Å². The molecule has 0 fully saturated rings. The molecular weight excluding hydrogens is 603 g/mol. The summed E-state index contributed by atoms with van der Waals surface area (Å²) in [5.74, 6) is -1.14. The number of sulfonamides is 1. The molecule has 2 amide bonds. The number of anilines is 1. The van der Waals surface area contributed by atoms with Crippen LogP contribution in [-0.4, -0.2) is 50.8 Å². The minimum absolute atomic E-state index is 0.0771. The first-order chi connectivity index (χ1) is 20.3. The highest BCUT2D eigenvalue weighted by molar-refractivity contribution is 7.92. The molecule has 0 aliphatic heterocycles. The second-order valence-electron chi connectivity index (χ2n) is 10.0. The Labute approximate surface area is 255 Å². The Morgan fingerprint density at radius 2 is 1.63 bits per heavy atom. The van der Waals surface area contributed by atoms with Crippen LogP contribution in [0.3, 0.4) is 0 Å². The summed E-state index contributed by atoms with van der Waals surface area (Å²) in [6, 6.07) is 16.7. The molecule has 1 N–H and O–H groups in total. The maximum atomic E-state index is 14.0. The van der Waals surface area contributed by atoms with Gasteiger partial charge in [0, 0.05) is 13.1 Å². The predicted molar refractivity (Wildman–Crippen MR) is 161 cm³/mol. The summed E-state index contributed by atoms with van der Waals surface area (Å²) >= 11 is 5.82. The van der Waals surface area contributed by atoms with Gasteiger partial charge >= 0.3 is 6.18 Å². The maximum absolute atomic E-state index is 14.0. The van der Waals surface area contributed by atoms with Gasteiger partial charge in [0.25, 0.3) is 10.0 Å². The van der Waals surface area contributed by atoms with Gasteiger partial charge in [-0.1, -0.05) is 73.5 Å². The van der Waals surface area contributed by atoms with E-state index in [2.05, 4.69) is 5.32 Å². The Bertz CT molecular complexity index is 1500. The number of aryl methyl sites for hydroxylation is 1. The lowest BCUT2D eigenvalue weighted by Crippen LogP contribution is -2.53. The highest BCUT2D eigenvalue weighted by Gasteiger charge is 2.37. The van der Waals surface area contributed by atoms with Crippen molar-refractivity contribution >= 4 is 39.1 Å². The standard InChI is InChI=1S/C31H35ClF3N3O4S/c1-4-18-36-30(40)28(5-2)37(19-17-23-9-7-6-8-10-23)29(39)21-38(43(41,42)25-14-11-22(3)12-15-25)24-13-16-27(32)26(20-24)31(33,34)35/h6-16,20,28H,4-5,17-19,21H2,1-3H3,(H,36,40)/t28-/m0/s1. The number of nitrogens with zero attached hydrogens (tertiary/aromatic N) is 2. The lowest BCUT2D eigenvalue weighted by molar-refractivity contribution is -0.139. The smallest absolute Gasteiger partial charge is 0.354 e. The number of hydrogen-bond donors (Lipinski definition) is 1. The molecule has 1 atom stereocenters. The van der Waals surface area contributed by atoms with E-state index in [4.69, 9.17) is 11.6 Å². The zero-order chi connectivity index (χ0) is 31.8.